The second-order valence-corrected chi connectivity index (χ2v) is 13.2. The van der Waals surface area contributed by atoms with Gasteiger partial charge in [0.15, 0.2) is 0 Å². The van der Waals surface area contributed by atoms with Crippen LogP contribution in [0.15, 0.2) is 71.6 Å². The van der Waals surface area contributed by atoms with Crippen molar-refractivity contribution in [1.82, 2.24) is 10.2 Å². The number of anilines is 1. The van der Waals surface area contributed by atoms with Crippen LogP contribution in [0.4, 0.5) is 5.69 Å². The van der Waals surface area contributed by atoms with Gasteiger partial charge in [-0.2, -0.15) is 0 Å². The summed E-state index contributed by atoms with van der Waals surface area (Å²) in [5.74, 6) is -0.682. The summed E-state index contributed by atoms with van der Waals surface area (Å²) in [4.78, 5) is 28.8. The molecule has 220 valence electrons. The second kappa shape index (κ2) is 14.4. The van der Waals surface area contributed by atoms with E-state index in [-0.39, 0.29) is 29.0 Å². The molecule has 1 N–H and O–H groups in total. The van der Waals surface area contributed by atoms with Gasteiger partial charge in [-0.1, -0.05) is 79.3 Å². The zero-order valence-corrected chi connectivity index (χ0v) is 26.5. The first-order chi connectivity index (χ1) is 19.3. The number of carbonyl (C=O) groups excluding carboxylic acids is 2. The lowest BCUT2D eigenvalue weighted by Gasteiger charge is -2.33. The molecule has 0 aliphatic rings. The smallest absolute Gasteiger partial charge is 0.264 e. The summed E-state index contributed by atoms with van der Waals surface area (Å²) in [6.07, 6.45) is 0.308. The molecule has 3 aromatic rings. The predicted molar refractivity (Wildman–Crippen MR) is 166 cm³/mol. The molecule has 0 heterocycles. The molecule has 0 aromatic heterocycles. The van der Waals surface area contributed by atoms with Crippen LogP contribution < -0.4 is 9.62 Å². The van der Waals surface area contributed by atoms with Crippen LogP contribution in [0.2, 0.25) is 15.1 Å². The van der Waals surface area contributed by atoms with E-state index >= 15 is 0 Å². The zero-order chi connectivity index (χ0) is 30.3. The Kier molecular flexibility index (Phi) is 11.5. The minimum atomic E-state index is -4.17. The van der Waals surface area contributed by atoms with Gasteiger partial charge in [-0.25, -0.2) is 8.42 Å². The van der Waals surface area contributed by atoms with Crippen LogP contribution in [-0.2, 0) is 26.2 Å². The quantitative estimate of drug-likeness (QED) is 0.238. The van der Waals surface area contributed by atoms with Crippen molar-refractivity contribution < 1.29 is 18.0 Å². The van der Waals surface area contributed by atoms with Crippen molar-refractivity contribution in [2.45, 2.75) is 51.6 Å². The summed E-state index contributed by atoms with van der Waals surface area (Å²) in [7, 11) is -4.17. The lowest BCUT2D eigenvalue weighted by Crippen LogP contribution is -2.52. The van der Waals surface area contributed by atoms with Gasteiger partial charge in [0.2, 0.25) is 11.8 Å². The van der Waals surface area contributed by atoms with Crippen molar-refractivity contribution in [1.29, 1.82) is 0 Å². The van der Waals surface area contributed by atoms with Crippen LogP contribution in [0.3, 0.4) is 0 Å². The highest BCUT2D eigenvalue weighted by Gasteiger charge is 2.33. The second-order valence-electron chi connectivity index (χ2n) is 10.1. The Morgan fingerprint density at radius 3 is 2.10 bits per heavy atom. The number of nitrogens with one attached hydrogen (secondary N) is 1. The molecule has 0 saturated heterocycles. The fraction of sp³-hybridized carbons (Fsp3) is 0.333. The molecule has 0 radical (unpaired) electrons. The van der Waals surface area contributed by atoms with E-state index in [1.165, 1.54) is 29.2 Å². The number of hydrogen-bond acceptors (Lipinski definition) is 4. The van der Waals surface area contributed by atoms with Crippen LogP contribution in [0.25, 0.3) is 0 Å². The van der Waals surface area contributed by atoms with Gasteiger partial charge in [0.25, 0.3) is 10.0 Å². The molecule has 2 amide bonds. The molecule has 0 aliphatic heterocycles. The molecule has 0 unspecified atom stereocenters. The van der Waals surface area contributed by atoms with Gasteiger partial charge >= 0.3 is 0 Å². The maximum absolute atomic E-state index is 14.1. The average molecular weight is 639 g/mol. The molecule has 1 atom stereocenters. The molecule has 0 fully saturated rings. The highest BCUT2D eigenvalue weighted by molar-refractivity contribution is 7.92. The van der Waals surface area contributed by atoms with E-state index in [4.69, 9.17) is 34.8 Å². The van der Waals surface area contributed by atoms with E-state index in [2.05, 4.69) is 5.32 Å². The number of hydrogen-bond donors (Lipinski definition) is 1. The zero-order valence-electron chi connectivity index (χ0n) is 23.4. The van der Waals surface area contributed by atoms with Crippen LogP contribution in [0.1, 0.15) is 38.3 Å². The Balaban J connectivity index is 2.05. The molecule has 0 saturated carbocycles. The Morgan fingerprint density at radius 1 is 0.902 bits per heavy atom. The molecule has 3 aromatic carbocycles. The van der Waals surface area contributed by atoms with Gasteiger partial charge in [0, 0.05) is 18.1 Å². The molecular weight excluding hydrogens is 605 g/mol. The summed E-state index contributed by atoms with van der Waals surface area (Å²) in [6.45, 7) is 7.50. The highest BCUT2D eigenvalue weighted by Crippen LogP contribution is 2.27. The molecule has 7 nitrogen and oxygen atoms in total. The normalized spacial score (nSPS) is 12.2. The average Bonchev–Trinajstić information content (AvgIpc) is 2.93. The minimum Gasteiger partial charge on any atom is -0.354 e. The van der Waals surface area contributed by atoms with Crippen LogP contribution in [-0.4, -0.2) is 44.3 Å². The van der Waals surface area contributed by atoms with E-state index in [1.807, 2.05) is 20.8 Å². The van der Waals surface area contributed by atoms with Crippen LogP contribution in [0.5, 0.6) is 0 Å². The lowest BCUT2D eigenvalue weighted by molar-refractivity contribution is -0.140. The van der Waals surface area contributed by atoms with Crippen LogP contribution in [0, 0.1) is 12.8 Å². The van der Waals surface area contributed by atoms with Gasteiger partial charge < -0.3 is 10.2 Å². The summed E-state index contributed by atoms with van der Waals surface area (Å²) in [5.41, 5.74) is 1.79. The largest absolute Gasteiger partial charge is 0.354 e. The van der Waals surface area contributed by atoms with E-state index in [0.29, 0.717) is 33.6 Å². The Hall–Kier alpha value is -2.78. The first kappa shape index (κ1) is 32.7. The Bertz CT molecular complexity index is 1460. The number of sulfonamides is 1. The number of aryl methyl sites for hydroxylation is 1. The van der Waals surface area contributed by atoms with E-state index < -0.39 is 28.5 Å². The molecule has 3 rings (SSSR count). The van der Waals surface area contributed by atoms with Gasteiger partial charge in [-0.05, 0) is 73.4 Å². The summed E-state index contributed by atoms with van der Waals surface area (Å²) < 4.78 is 28.8. The third-order valence-corrected chi connectivity index (χ3v) is 9.19. The summed E-state index contributed by atoms with van der Waals surface area (Å²) in [6, 6.07) is 16.7. The highest BCUT2D eigenvalue weighted by atomic mass is 35.5. The van der Waals surface area contributed by atoms with Gasteiger partial charge in [0.1, 0.15) is 12.6 Å². The maximum atomic E-state index is 14.1. The maximum Gasteiger partial charge on any atom is 0.264 e. The molecule has 0 aliphatic carbocycles. The standard InChI is InChI=1S/C30H34Cl3N3O4S/c1-5-28(30(38)34-17-20(2)3)35(18-22-8-15-26(32)27(33)16-22)29(37)19-36(24-11-9-23(31)10-12-24)41(39,40)25-13-6-21(4)7-14-25/h6-16,20,28H,5,17-19H2,1-4H3,(H,34,38)/t28-/m1/s1. The first-order valence-corrected chi connectivity index (χ1v) is 15.8. The van der Waals surface area contributed by atoms with E-state index in [1.54, 1.807) is 49.4 Å². The predicted octanol–water partition coefficient (Wildman–Crippen LogP) is 6.73. The number of rotatable bonds is 12. The molecule has 0 bridgehead atoms. The molecular formula is C30H34Cl3N3O4S. The van der Waals surface area contributed by atoms with Crippen molar-refractivity contribution in [2.24, 2.45) is 5.92 Å². The summed E-state index contributed by atoms with van der Waals surface area (Å²) >= 11 is 18.4. The van der Waals surface area contributed by atoms with Crippen molar-refractivity contribution >= 4 is 62.3 Å². The number of halogens is 3. The van der Waals surface area contributed by atoms with Crippen molar-refractivity contribution in [3.63, 3.8) is 0 Å². The van der Waals surface area contributed by atoms with Gasteiger partial charge in [-0.3, -0.25) is 13.9 Å². The SMILES string of the molecule is CC[C@H](C(=O)NCC(C)C)N(Cc1ccc(Cl)c(Cl)c1)C(=O)CN(c1ccc(Cl)cc1)S(=O)(=O)c1ccc(C)cc1. The van der Waals surface area contributed by atoms with Crippen molar-refractivity contribution in [2.75, 3.05) is 17.4 Å². The number of amides is 2. The minimum absolute atomic E-state index is 0.0162. The van der Waals surface area contributed by atoms with Crippen LogP contribution >= 0.6 is 34.8 Å². The molecule has 41 heavy (non-hydrogen) atoms. The summed E-state index contributed by atoms with van der Waals surface area (Å²) in [5, 5.41) is 3.98. The molecule has 0 spiro atoms. The van der Waals surface area contributed by atoms with Gasteiger partial charge in [-0.15, -0.1) is 0 Å². The van der Waals surface area contributed by atoms with Crippen molar-refractivity contribution in [3.05, 3.63) is 92.9 Å². The van der Waals surface area contributed by atoms with Gasteiger partial charge in [0.05, 0.1) is 20.6 Å². The molecule has 11 heteroatoms. The third-order valence-electron chi connectivity index (χ3n) is 6.41. The van der Waals surface area contributed by atoms with E-state index in [9.17, 15) is 18.0 Å². The fourth-order valence-corrected chi connectivity index (χ4v) is 6.01. The number of carbonyl (C=O) groups is 2. The van der Waals surface area contributed by atoms with Crippen molar-refractivity contribution in [3.8, 4) is 0 Å². The Labute approximate surface area is 257 Å². The fourth-order valence-electron chi connectivity index (χ4n) is 4.15. The number of nitrogens with zero attached hydrogens (tertiary/aromatic N) is 2. The topological polar surface area (TPSA) is 86.8 Å². The first-order valence-electron chi connectivity index (χ1n) is 13.2. The van der Waals surface area contributed by atoms with E-state index in [0.717, 1.165) is 9.87 Å². The third kappa shape index (κ3) is 8.61. The Morgan fingerprint density at radius 2 is 1.54 bits per heavy atom. The monoisotopic (exact) mass is 637 g/mol. The number of benzene rings is 3. The lowest BCUT2D eigenvalue weighted by atomic mass is 10.1.